The Hall–Kier alpha value is -1.96. The van der Waals surface area contributed by atoms with Gasteiger partial charge in [-0.1, -0.05) is 94.9 Å². The second-order valence-corrected chi connectivity index (χ2v) is 7.84. The molecular formula is C25H38N2. The number of anilines is 1. The van der Waals surface area contributed by atoms with Crippen LogP contribution in [0, 0.1) is 5.92 Å². The average Bonchev–Trinajstić information content (AvgIpc) is 2.99. The van der Waals surface area contributed by atoms with E-state index in [1.54, 1.807) is 0 Å². The fourth-order valence-electron chi connectivity index (χ4n) is 3.85. The molecule has 2 aliphatic rings. The van der Waals surface area contributed by atoms with Gasteiger partial charge in [0.05, 0.1) is 0 Å². The summed E-state index contributed by atoms with van der Waals surface area (Å²) in [6.45, 7) is 0. The number of allylic oxidation sites excluding steroid dienone is 4. The minimum absolute atomic E-state index is 0.882. The van der Waals surface area contributed by atoms with Crippen LogP contribution < -0.4 is 11.1 Å². The van der Waals surface area contributed by atoms with Crippen LogP contribution in [0.15, 0.2) is 61.0 Å². The summed E-state index contributed by atoms with van der Waals surface area (Å²) in [5, 5.41) is 2.92. The van der Waals surface area contributed by atoms with E-state index >= 15 is 0 Å². The van der Waals surface area contributed by atoms with Crippen molar-refractivity contribution in [2.24, 2.45) is 5.92 Å². The van der Waals surface area contributed by atoms with Gasteiger partial charge in [0.2, 0.25) is 0 Å². The Kier molecular flexibility index (Phi) is 11.2. The van der Waals surface area contributed by atoms with Crippen LogP contribution in [0.3, 0.4) is 0 Å². The third-order valence-electron chi connectivity index (χ3n) is 5.45. The van der Waals surface area contributed by atoms with Gasteiger partial charge in [-0.05, 0) is 42.2 Å². The number of hydrogen-bond donors (Lipinski definition) is 2. The maximum Gasteiger partial charge on any atom is 0.0314 e. The van der Waals surface area contributed by atoms with Crippen LogP contribution in [0.2, 0.25) is 0 Å². The monoisotopic (exact) mass is 366 g/mol. The summed E-state index contributed by atoms with van der Waals surface area (Å²) in [5.41, 5.74) is 8.13. The van der Waals surface area contributed by atoms with Gasteiger partial charge in [0.25, 0.3) is 0 Å². The van der Waals surface area contributed by atoms with Gasteiger partial charge in [0, 0.05) is 18.1 Å². The summed E-state index contributed by atoms with van der Waals surface area (Å²) < 4.78 is 0. The third-order valence-corrected chi connectivity index (χ3v) is 5.45. The largest absolute Gasteiger partial charge is 0.399 e. The number of hydrogen-bond acceptors (Lipinski definition) is 2. The smallest absolute Gasteiger partial charge is 0.0314 e. The van der Waals surface area contributed by atoms with E-state index in [0.717, 1.165) is 11.6 Å². The van der Waals surface area contributed by atoms with Gasteiger partial charge < -0.3 is 11.1 Å². The normalized spacial score (nSPS) is 19.0. The zero-order valence-corrected chi connectivity index (χ0v) is 16.9. The van der Waals surface area contributed by atoms with Crippen LogP contribution >= 0.6 is 0 Å². The second-order valence-electron chi connectivity index (χ2n) is 7.84. The molecule has 1 aliphatic carbocycles. The Bertz CT molecular complexity index is 542. The topological polar surface area (TPSA) is 38.0 Å². The number of nitrogens with one attached hydrogen (secondary N) is 1. The zero-order chi connectivity index (χ0) is 19.0. The summed E-state index contributed by atoms with van der Waals surface area (Å²) in [6, 6.07) is 8.52. The number of nitrogens with two attached hydrogens (primary N) is 1. The average molecular weight is 367 g/mol. The Morgan fingerprint density at radius 2 is 1.15 bits per heavy atom. The predicted octanol–water partition coefficient (Wildman–Crippen LogP) is 6.91. The first-order chi connectivity index (χ1) is 13.3. The summed E-state index contributed by atoms with van der Waals surface area (Å²) in [6.07, 6.45) is 28.7. The molecule has 0 spiro atoms. The van der Waals surface area contributed by atoms with E-state index in [1.807, 2.05) is 48.8 Å². The standard InChI is InChI=1S/C19H31N.C6H7N/c20-19-14-12-18(13-15-19)16-17-10-8-6-4-2-1-3-5-7-9-11-17;1-2-4-6-7-5-3-1/h12-15,17H,1-11,16,20H2;1-7H. The number of rotatable bonds is 2. The molecule has 1 saturated carbocycles. The molecule has 1 aromatic carbocycles. The van der Waals surface area contributed by atoms with Crippen molar-refractivity contribution in [1.29, 1.82) is 0 Å². The maximum absolute atomic E-state index is 5.78. The Morgan fingerprint density at radius 3 is 1.67 bits per heavy atom. The van der Waals surface area contributed by atoms with E-state index in [1.165, 1.54) is 82.6 Å². The summed E-state index contributed by atoms with van der Waals surface area (Å²) in [7, 11) is 0. The van der Waals surface area contributed by atoms with E-state index in [2.05, 4.69) is 17.4 Å². The van der Waals surface area contributed by atoms with E-state index in [-0.39, 0.29) is 0 Å². The number of benzene rings is 1. The van der Waals surface area contributed by atoms with Crippen LogP contribution in [0.1, 0.15) is 76.2 Å². The van der Waals surface area contributed by atoms with Crippen molar-refractivity contribution in [1.82, 2.24) is 5.32 Å². The quantitative estimate of drug-likeness (QED) is 0.558. The van der Waals surface area contributed by atoms with Crippen molar-refractivity contribution in [2.45, 2.75) is 77.0 Å². The Balaban J connectivity index is 0.000000313. The van der Waals surface area contributed by atoms with Gasteiger partial charge in [-0.2, -0.15) is 0 Å². The number of nitrogen functional groups attached to an aromatic ring is 1. The van der Waals surface area contributed by atoms with Crippen molar-refractivity contribution in [3.63, 3.8) is 0 Å². The first kappa shape index (κ1) is 21.3. The van der Waals surface area contributed by atoms with Crippen molar-refractivity contribution in [2.75, 3.05) is 5.73 Å². The zero-order valence-electron chi connectivity index (χ0n) is 16.9. The Morgan fingerprint density at radius 1 is 0.667 bits per heavy atom. The van der Waals surface area contributed by atoms with Crippen LogP contribution in [-0.2, 0) is 6.42 Å². The minimum atomic E-state index is 0.882. The van der Waals surface area contributed by atoms with Crippen LogP contribution in [0.25, 0.3) is 0 Å². The van der Waals surface area contributed by atoms with Gasteiger partial charge in [0.15, 0.2) is 0 Å². The molecule has 0 bridgehead atoms. The SMILES string of the molecule is C1=CC=CNC=C1.Nc1ccc(CC2CCCCCCCCCCC2)cc1. The highest BCUT2D eigenvalue weighted by Crippen LogP contribution is 2.24. The molecule has 3 N–H and O–H groups in total. The molecule has 3 rings (SSSR count). The van der Waals surface area contributed by atoms with Crippen LogP contribution in [-0.4, -0.2) is 0 Å². The molecule has 0 saturated heterocycles. The highest BCUT2D eigenvalue weighted by atomic mass is 14.8. The molecular weight excluding hydrogens is 328 g/mol. The summed E-state index contributed by atoms with van der Waals surface area (Å²) >= 11 is 0. The lowest BCUT2D eigenvalue weighted by Crippen LogP contribution is -2.06. The van der Waals surface area contributed by atoms with Gasteiger partial charge in [-0.25, -0.2) is 0 Å². The first-order valence-corrected chi connectivity index (χ1v) is 10.9. The molecule has 0 amide bonds. The Labute approximate surface area is 166 Å². The highest BCUT2D eigenvalue weighted by Gasteiger charge is 2.10. The molecule has 1 heterocycles. The predicted molar refractivity (Wildman–Crippen MR) is 119 cm³/mol. The van der Waals surface area contributed by atoms with E-state index in [9.17, 15) is 0 Å². The molecule has 2 heteroatoms. The summed E-state index contributed by atoms with van der Waals surface area (Å²) in [5.74, 6) is 0.887. The highest BCUT2D eigenvalue weighted by molar-refractivity contribution is 5.39. The fraction of sp³-hybridized carbons (Fsp3) is 0.520. The first-order valence-electron chi connectivity index (χ1n) is 10.9. The molecule has 0 unspecified atom stereocenters. The molecule has 0 radical (unpaired) electrons. The van der Waals surface area contributed by atoms with E-state index in [4.69, 9.17) is 5.73 Å². The van der Waals surface area contributed by atoms with Crippen molar-refractivity contribution in [3.05, 3.63) is 66.5 Å². The molecule has 148 valence electrons. The van der Waals surface area contributed by atoms with Gasteiger partial charge in [-0.3, -0.25) is 0 Å². The van der Waals surface area contributed by atoms with Crippen molar-refractivity contribution >= 4 is 5.69 Å². The maximum atomic E-state index is 5.78. The second kappa shape index (κ2) is 14.1. The third kappa shape index (κ3) is 10.7. The molecule has 0 aromatic heterocycles. The van der Waals surface area contributed by atoms with Gasteiger partial charge >= 0.3 is 0 Å². The lowest BCUT2D eigenvalue weighted by Gasteiger charge is -2.18. The molecule has 0 atom stereocenters. The molecule has 1 aromatic rings. The lowest BCUT2D eigenvalue weighted by atomic mass is 9.88. The lowest BCUT2D eigenvalue weighted by molar-refractivity contribution is 0.392. The van der Waals surface area contributed by atoms with E-state index in [0.29, 0.717) is 0 Å². The van der Waals surface area contributed by atoms with Gasteiger partial charge in [-0.15, -0.1) is 0 Å². The summed E-state index contributed by atoms with van der Waals surface area (Å²) in [4.78, 5) is 0. The minimum Gasteiger partial charge on any atom is -0.399 e. The molecule has 1 fully saturated rings. The fourth-order valence-corrected chi connectivity index (χ4v) is 3.85. The van der Waals surface area contributed by atoms with E-state index < -0.39 is 0 Å². The van der Waals surface area contributed by atoms with Crippen molar-refractivity contribution < 1.29 is 0 Å². The molecule has 1 aliphatic heterocycles. The van der Waals surface area contributed by atoms with Crippen molar-refractivity contribution in [3.8, 4) is 0 Å². The molecule has 27 heavy (non-hydrogen) atoms. The van der Waals surface area contributed by atoms with Gasteiger partial charge in [0.1, 0.15) is 0 Å². The molecule has 2 nitrogen and oxygen atoms in total. The van der Waals surface area contributed by atoms with Crippen LogP contribution in [0.5, 0.6) is 0 Å². The van der Waals surface area contributed by atoms with Crippen LogP contribution in [0.4, 0.5) is 5.69 Å².